The molecule has 0 amide bonds. The highest BCUT2D eigenvalue weighted by Gasteiger charge is 2.19. The minimum Gasteiger partial charge on any atom is -0.367 e. The molecule has 8 heteroatoms. The van der Waals surface area contributed by atoms with E-state index in [1.807, 2.05) is 54.7 Å². The molecule has 180 valence electrons. The summed E-state index contributed by atoms with van der Waals surface area (Å²) in [4.78, 5) is 27.6. The lowest BCUT2D eigenvalue weighted by molar-refractivity contribution is 0.648. The summed E-state index contributed by atoms with van der Waals surface area (Å²) in [6, 6.07) is 23.6. The minimum atomic E-state index is -1.22. The van der Waals surface area contributed by atoms with E-state index in [0.29, 0.717) is 22.0 Å². The van der Waals surface area contributed by atoms with Gasteiger partial charge in [0.2, 0.25) is 0 Å². The van der Waals surface area contributed by atoms with Gasteiger partial charge in [-0.2, -0.15) is 0 Å². The number of piperazine rings is 1. The van der Waals surface area contributed by atoms with Crippen LogP contribution >= 0.6 is 0 Å². The van der Waals surface area contributed by atoms with Crippen LogP contribution in [-0.4, -0.2) is 46.6 Å². The Balaban J connectivity index is 1.29. The second-order valence-electron chi connectivity index (χ2n) is 8.98. The van der Waals surface area contributed by atoms with Crippen molar-refractivity contribution in [3.8, 4) is 0 Å². The van der Waals surface area contributed by atoms with E-state index in [9.17, 15) is 9.00 Å². The summed E-state index contributed by atoms with van der Waals surface area (Å²) >= 11 is 0. The third-order valence-electron chi connectivity index (χ3n) is 6.68. The zero-order valence-electron chi connectivity index (χ0n) is 19.8. The zero-order chi connectivity index (χ0) is 24.6. The number of hydrogen-bond donors (Lipinski definition) is 1. The zero-order valence-corrected chi connectivity index (χ0v) is 20.7. The van der Waals surface area contributed by atoms with E-state index in [0.717, 1.165) is 54.0 Å². The molecule has 1 aliphatic rings. The molecule has 3 aromatic carbocycles. The van der Waals surface area contributed by atoms with Gasteiger partial charge in [0, 0.05) is 48.9 Å². The summed E-state index contributed by atoms with van der Waals surface area (Å²) in [6.45, 7) is 3.29. The van der Waals surface area contributed by atoms with Crippen molar-refractivity contribution in [2.45, 2.75) is 0 Å². The fourth-order valence-corrected chi connectivity index (χ4v) is 5.28. The Morgan fingerprint density at radius 2 is 1.56 bits per heavy atom. The van der Waals surface area contributed by atoms with E-state index in [-0.39, 0.29) is 5.43 Å². The van der Waals surface area contributed by atoms with Crippen LogP contribution in [0, 0.1) is 0 Å². The van der Waals surface area contributed by atoms with Crippen LogP contribution in [0.3, 0.4) is 0 Å². The number of anilines is 3. The van der Waals surface area contributed by atoms with E-state index in [1.165, 1.54) is 0 Å². The summed E-state index contributed by atoms with van der Waals surface area (Å²) < 4.78 is 14.5. The molecule has 1 fully saturated rings. The average molecular weight is 496 g/mol. The monoisotopic (exact) mass is 495 g/mol. The van der Waals surface area contributed by atoms with Crippen LogP contribution in [0.4, 0.5) is 17.2 Å². The Morgan fingerprint density at radius 3 is 2.39 bits per heavy atom. The molecule has 0 radical (unpaired) electrons. The second-order valence-corrected chi connectivity index (χ2v) is 10.1. The highest BCUT2D eigenvalue weighted by molar-refractivity contribution is 7.85. The lowest BCUT2D eigenvalue weighted by atomic mass is 10.1. The third kappa shape index (κ3) is 4.24. The number of benzene rings is 2. The fraction of sp³-hybridized carbons (Fsp3) is 0.179. The van der Waals surface area contributed by atoms with Gasteiger partial charge >= 0.3 is 0 Å². The molecular weight excluding hydrogens is 470 g/mol. The molecule has 1 N–H and O–H groups in total. The van der Waals surface area contributed by atoms with E-state index >= 15 is 0 Å². The maximum absolute atomic E-state index is 13.5. The van der Waals surface area contributed by atoms with E-state index < -0.39 is 11.0 Å². The van der Waals surface area contributed by atoms with Gasteiger partial charge in [-0.05, 0) is 47.9 Å². The first-order valence-corrected chi connectivity index (χ1v) is 13.4. The molecule has 0 aliphatic carbocycles. The standard InChI is InChI=1S/C28H25N5O2S/c1-36(35)31-21-9-6-19-7-10-26-24(28(34)23(19)16-21)17-22(18-29-26)32-12-14-33(15-13-32)27-11-8-20-4-2-3-5-25(20)30-27/h2-11,16-18,31H,12-15H2,1H3. The Morgan fingerprint density at radius 1 is 0.806 bits per heavy atom. The molecule has 36 heavy (non-hydrogen) atoms. The summed E-state index contributed by atoms with van der Waals surface area (Å²) in [6.07, 6.45) is 3.41. The van der Waals surface area contributed by atoms with Gasteiger partial charge in [0.15, 0.2) is 5.43 Å². The lowest BCUT2D eigenvalue weighted by Gasteiger charge is -2.36. The van der Waals surface area contributed by atoms with Crippen molar-refractivity contribution in [2.75, 3.05) is 47.0 Å². The molecule has 5 aromatic rings. The van der Waals surface area contributed by atoms with Gasteiger partial charge in [-0.25, -0.2) is 9.19 Å². The van der Waals surface area contributed by atoms with Crippen molar-refractivity contribution in [1.29, 1.82) is 0 Å². The van der Waals surface area contributed by atoms with Gasteiger partial charge in [-0.3, -0.25) is 9.78 Å². The summed E-state index contributed by atoms with van der Waals surface area (Å²) in [7, 11) is -1.22. The molecular formula is C28H25N5O2S. The largest absolute Gasteiger partial charge is 0.367 e. The van der Waals surface area contributed by atoms with Crippen LogP contribution in [0.2, 0.25) is 0 Å². The van der Waals surface area contributed by atoms with Gasteiger partial charge in [0.1, 0.15) is 16.8 Å². The maximum atomic E-state index is 13.5. The fourth-order valence-electron chi connectivity index (χ4n) is 4.82. The first-order valence-electron chi connectivity index (χ1n) is 11.9. The first kappa shape index (κ1) is 22.4. The number of hydrogen-bond acceptors (Lipinski definition) is 6. The Bertz CT molecular complexity index is 1700. The van der Waals surface area contributed by atoms with Crippen LogP contribution in [0.25, 0.3) is 32.6 Å². The molecule has 2 aromatic heterocycles. The second kappa shape index (κ2) is 9.20. The average Bonchev–Trinajstić information content (AvgIpc) is 3.04. The quantitative estimate of drug-likeness (QED) is 0.400. The summed E-state index contributed by atoms with van der Waals surface area (Å²) in [5.41, 5.74) is 3.18. The van der Waals surface area contributed by atoms with Crippen LogP contribution in [0.15, 0.2) is 83.8 Å². The smallest absolute Gasteiger partial charge is 0.195 e. The molecule has 1 atom stereocenters. The molecule has 0 spiro atoms. The van der Waals surface area contributed by atoms with E-state index in [2.05, 4.69) is 37.7 Å². The molecule has 6 rings (SSSR count). The SMILES string of the molecule is CS(=O)Nc1ccc2ccc3ncc(N4CCN(c5ccc6ccccc6n5)CC4)cc3c(=O)c2c1. The van der Waals surface area contributed by atoms with Crippen molar-refractivity contribution in [3.63, 3.8) is 0 Å². The predicted octanol–water partition coefficient (Wildman–Crippen LogP) is 4.33. The van der Waals surface area contributed by atoms with Crippen LogP contribution in [0.5, 0.6) is 0 Å². The van der Waals surface area contributed by atoms with Gasteiger partial charge in [0.25, 0.3) is 0 Å². The minimum absolute atomic E-state index is 0.0797. The summed E-state index contributed by atoms with van der Waals surface area (Å²) in [5.74, 6) is 0.989. The Labute approximate surface area is 211 Å². The van der Waals surface area contributed by atoms with Crippen molar-refractivity contribution < 1.29 is 4.21 Å². The maximum Gasteiger partial charge on any atom is 0.195 e. The van der Waals surface area contributed by atoms with E-state index in [1.54, 1.807) is 12.3 Å². The summed E-state index contributed by atoms with van der Waals surface area (Å²) in [5, 5.41) is 3.12. The number of nitrogens with one attached hydrogen (secondary N) is 1. The molecule has 0 saturated carbocycles. The molecule has 0 bridgehead atoms. The highest BCUT2D eigenvalue weighted by Crippen LogP contribution is 2.24. The first-order chi connectivity index (χ1) is 17.5. The predicted molar refractivity (Wildman–Crippen MR) is 149 cm³/mol. The Kier molecular flexibility index (Phi) is 5.73. The molecule has 1 saturated heterocycles. The van der Waals surface area contributed by atoms with Gasteiger partial charge < -0.3 is 14.5 Å². The number of fused-ring (bicyclic) bond motifs is 3. The lowest BCUT2D eigenvalue weighted by Crippen LogP contribution is -2.46. The Hall–Kier alpha value is -4.04. The van der Waals surface area contributed by atoms with Crippen molar-refractivity contribution >= 4 is 60.8 Å². The normalized spacial score (nSPS) is 14.9. The topological polar surface area (TPSA) is 78.4 Å². The van der Waals surface area contributed by atoms with Crippen molar-refractivity contribution in [2.24, 2.45) is 0 Å². The van der Waals surface area contributed by atoms with E-state index in [4.69, 9.17) is 4.98 Å². The molecule has 3 heterocycles. The third-order valence-corrected chi connectivity index (χ3v) is 7.20. The number of para-hydroxylation sites is 1. The highest BCUT2D eigenvalue weighted by atomic mass is 32.2. The molecule has 1 aliphatic heterocycles. The van der Waals surface area contributed by atoms with Crippen molar-refractivity contribution in [3.05, 3.63) is 89.2 Å². The van der Waals surface area contributed by atoms with Gasteiger partial charge in [-0.15, -0.1) is 0 Å². The van der Waals surface area contributed by atoms with Crippen molar-refractivity contribution in [1.82, 2.24) is 9.97 Å². The number of nitrogens with zero attached hydrogens (tertiary/aromatic N) is 4. The number of pyridine rings is 2. The van der Waals surface area contributed by atoms with Crippen LogP contribution in [-0.2, 0) is 11.0 Å². The van der Waals surface area contributed by atoms with Gasteiger partial charge in [0.05, 0.1) is 28.3 Å². The number of aromatic nitrogens is 2. The molecule has 7 nitrogen and oxygen atoms in total. The number of rotatable bonds is 4. The van der Waals surface area contributed by atoms with Crippen LogP contribution in [0.1, 0.15) is 0 Å². The van der Waals surface area contributed by atoms with Gasteiger partial charge in [-0.1, -0.05) is 30.3 Å². The van der Waals surface area contributed by atoms with Crippen LogP contribution < -0.4 is 20.0 Å². The molecule has 1 unspecified atom stereocenters.